The fourth-order valence-electron chi connectivity index (χ4n) is 2.57. The van der Waals surface area contributed by atoms with E-state index in [0.717, 1.165) is 48.8 Å². The van der Waals surface area contributed by atoms with Crippen LogP contribution in [0.3, 0.4) is 0 Å². The second-order valence-electron chi connectivity index (χ2n) is 5.82. The second kappa shape index (κ2) is 6.22. The minimum atomic E-state index is 0.469. The van der Waals surface area contributed by atoms with Gasteiger partial charge >= 0.3 is 0 Å². The van der Waals surface area contributed by atoms with E-state index in [4.69, 9.17) is 0 Å². The number of hydrogen-bond donors (Lipinski definition) is 5. The Labute approximate surface area is 125 Å². The maximum Gasteiger partial charge on any atom is 0.131 e. The highest BCUT2D eigenvalue weighted by Gasteiger charge is 2.22. The van der Waals surface area contributed by atoms with Gasteiger partial charge in [-0.2, -0.15) is 5.10 Å². The summed E-state index contributed by atoms with van der Waals surface area (Å²) in [7, 11) is 0. The molecule has 0 atom stereocenters. The lowest BCUT2D eigenvalue weighted by molar-refractivity contribution is 0.424. The molecule has 0 radical (unpaired) electrons. The number of anilines is 1. The van der Waals surface area contributed by atoms with Crippen LogP contribution in [0.25, 0.3) is 5.70 Å². The molecule has 0 aromatic carbocycles. The molecule has 2 heterocycles. The average Bonchev–Trinajstić information content (AvgIpc) is 3.15. The molecule has 0 bridgehead atoms. The van der Waals surface area contributed by atoms with Gasteiger partial charge in [0.15, 0.2) is 0 Å². The smallest absolute Gasteiger partial charge is 0.131 e. The third-order valence-corrected chi connectivity index (χ3v) is 3.88. The molecule has 2 aliphatic rings. The third kappa shape index (κ3) is 3.78. The molecule has 6 heteroatoms. The molecule has 114 valence electrons. The number of nitrogens with one attached hydrogen (secondary N) is 5. The molecule has 2 fully saturated rings. The highest BCUT2D eigenvalue weighted by atomic mass is 15.2. The minimum Gasteiger partial charge on any atom is -0.381 e. The maximum atomic E-state index is 4.30. The Morgan fingerprint density at radius 1 is 1.10 bits per heavy atom. The maximum absolute atomic E-state index is 4.30. The molecule has 5 N–H and O–H groups in total. The molecule has 1 aromatic heterocycles. The molecule has 21 heavy (non-hydrogen) atoms. The number of aromatic nitrogens is 2. The van der Waals surface area contributed by atoms with E-state index in [2.05, 4.69) is 44.6 Å². The van der Waals surface area contributed by atoms with E-state index in [0.29, 0.717) is 12.1 Å². The summed E-state index contributed by atoms with van der Waals surface area (Å²) in [5.41, 5.74) is 2.58. The van der Waals surface area contributed by atoms with Gasteiger partial charge in [-0.1, -0.05) is 13.2 Å². The number of piperidine rings is 1. The molecular weight excluding hydrogens is 264 g/mol. The first kappa shape index (κ1) is 14.0. The quantitative estimate of drug-likeness (QED) is 0.524. The number of rotatable bonds is 7. The molecule has 0 spiro atoms. The van der Waals surface area contributed by atoms with Crippen LogP contribution in [0, 0.1) is 0 Å². The van der Waals surface area contributed by atoms with Crippen LogP contribution in [-0.4, -0.2) is 35.4 Å². The molecule has 0 amide bonds. The highest BCUT2D eigenvalue weighted by Crippen LogP contribution is 2.23. The Hall–Kier alpha value is -1.95. The van der Waals surface area contributed by atoms with Crippen LogP contribution >= 0.6 is 0 Å². The Balaban J connectivity index is 1.57. The molecular formula is C15H24N6. The van der Waals surface area contributed by atoms with Crippen molar-refractivity contribution >= 4 is 11.4 Å². The van der Waals surface area contributed by atoms with Crippen molar-refractivity contribution in [1.29, 1.82) is 0 Å². The number of H-pyrrole nitrogens is 1. The summed E-state index contributed by atoms with van der Waals surface area (Å²) in [6.07, 6.45) is 6.51. The van der Waals surface area contributed by atoms with E-state index in [9.17, 15) is 0 Å². The van der Waals surface area contributed by atoms with Crippen molar-refractivity contribution in [3.8, 4) is 0 Å². The van der Waals surface area contributed by atoms with Gasteiger partial charge in [-0.05, 0) is 38.8 Å². The van der Waals surface area contributed by atoms with E-state index < -0.39 is 0 Å². The van der Waals surface area contributed by atoms with Crippen LogP contribution in [0.2, 0.25) is 0 Å². The van der Waals surface area contributed by atoms with Crippen LogP contribution in [0.4, 0.5) is 5.69 Å². The van der Waals surface area contributed by atoms with Gasteiger partial charge in [0, 0.05) is 18.3 Å². The van der Waals surface area contributed by atoms with E-state index >= 15 is 0 Å². The topological polar surface area (TPSA) is 76.8 Å². The monoisotopic (exact) mass is 288 g/mol. The zero-order valence-corrected chi connectivity index (χ0v) is 12.3. The Morgan fingerprint density at radius 2 is 1.81 bits per heavy atom. The number of hydrogen-bond acceptors (Lipinski definition) is 5. The van der Waals surface area contributed by atoms with Gasteiger partial charge < -0.3 is 21.3 Å². The van der Waals surface area contributed by atoms with Crippen LogP contribution in [0.1, 0.15) is 31.4 Å². The molecule has 1 saturated heterocycles. The lowest BCUT2D eigenvalue weighted by atomic mass is 10.1. The van der Waals surface area contributed by atoms with Gasteiger partial charge in [0.1, 0.15) is 5.69 Å². The predicted molar refractivity (Wildman–Crippen MR) is 85.6 cm³/mol. The largest absolute Gasteiger partial charge is 0.381 e. The lowest BCUT2D eigenvalue weighted by Gasteiger charge is -2.25. The van der Waals surface area contributed by atoms with E-state index in [1.807, 2.05) is 6.20 Å². The third-order valence-electron chi connectivity index (χ3n) is 3.88. The van der Waals surface area contributed by atoms with E-state index in [1.54, 1.807) is 0 Å². The molecule has 1 aromatic rings. The zero-order valence-electron chi connectivity index (χ0n) is 12.3. The van der Waals surface area contributed by atoms with Crippen LogP contribution in [-0.2, 0) is 0 Å². The van der Waals surface area contributed by atoms with Gasteiger partial charge in [0.2, 0.25) is 0 Å². The lowest BCUT2D eigenvalue weighted by Crippen LogP contribution is -2.39. The van der Waals surface area contributed by atoms with Crippen LogP contribution in [0.15, 0.2) is 25.2 Å². The van der Waals surface area contributed by atoms with E-state index in [1.165, 1.54) is 12.8 Å². The molecule has 3 rings (SSSR count). The molecule has 1 saturated carbocycles. The van der Waals surface area contributed by atoms with Gasteiger partial charge in [-0.25, -0.2) is 0 Å². The van der Waals surface area contributed by atoms with Crippen molar-refractivity contribution in [2.24, 2.45) is 0 Å². The van der Waals surface area contributed by atoms with Gasteiger partial charge in [0.05, 0.1) is 17.2 Å². The average molecular weight is 288 g/mol. The summed E-state index contributed by atoms with van der Waals surface area (Å²) in [4.78, 5) is 0. The summed E-state index contributed by atoms with van der Waals surface area (Å²) in [6, 6.07) is 1.05. The van der Waals surface area contributed by atoms with Crippen molar-refractivity contribution in [3.05, 3.63) is 30.9 Å². The zero-order chi connectivity index (χ0) is 14.7. The Bertz CT molecular complexity index is 510. The Morgan fingerprint density at radius 3 is 2.52 bits per heavy atom. The molecule has 1 aliphatic carbocycles. The van der Waals surface area contributed by atoms with Crippen molar-refractivity contribution in [2.75, 3.05) is 18.4 Å². The molecule has 1 aliphatic heterocycles. The van der Waals surface area contributed by atoms with Crippen LogP contribution < -0.4 is 21.3 Å². The standard InChI is InChI=1S/C15H24N6/c1-10(18-13-5-7-16-8-6-13)15-14(9-17-21-15)20-11(2)19-12-3-4-12/h9,12-13,16,18-20H,1-8H2,(H,17,21). The Kier molecular flexibility index (Phi) is 4.15. The fraction of sp³-hybridized carbons (Fsp3) is 0.533. The van der Waals surface area contributed by atoms with Gasteiger partial charge in [-0.3, -0.25) is 5.10 Å². The second-order valence-corrected chi connectivity index (χ2v) is 5.82. The summed E-state index contributed by atoms with van der Waals surface area (Å²) >= 11 is 0. The minimum absolute atomic E-state index is 0.469. The fourth-order valence-corrected chi connectivity index (χ4v) is 2.57. The first-order chi connectivity index (χ1) is 10.2. The highest BCUT2D eigenvalue weighted by molar-refractivity contribution is 5.71. The van der Waals surface area contributed by atoms with Crippen molar-refractivity contribution in [3.63, 3.8) is 0 Å². The number of nitrogens with zero attached hydrogens (tertiary/aromatic N) is 1. The van der Waals surface area contributed by atoms with E-state index in [-0.39, 0.29) is 0 Å². The summed E-state index contributed by atoms with van der Waals surface area (Å²) in [5, 5.41) is 20.6. The van der Waals surface area contributed by atoms with Gasteiger partial charge in [-0.15, -0.1) is 0 Å². The SMILES string of the molecule is C=C(Nc1c[nH]nc1C(=C)NC1CCNCC1)NC1CC1. The molecule has 6 nitrogen and oxygen atoms in total. The normalized spacial score (nSPS) is 19.0. The van der Waals surface area contributed by atoms with Crippen molar-refractivity contribution in [1.82, 2.24) is 26.1 Å². The first-order valence-electron chi connectivity index (χ1n) is 7.65. The van der Waals surface area contributed by atoms with Gasteiger partial charge in [0.25, 0.3) is 0 Å². The van der Waals surface area contributed by atoms with Crippen LogP contribution in [0.5, 0.6) is 0 Å². The molecule has 0 unspecified atom stereocenters. The van der Waals surface area contributed by atoms with Crippen molar-refractivity contribution in [2.45, 2.75) is 37.8 Å². The summed E-state index contributed by atoms with van der Waals surface area (Å²) in [5.74, 6) is 0.815. The number of aromatic amines is 1. The predicted octanol–water partition coefficient (Wildman–Crippen LogP) is 1.36. The van der Waals surface area contributed by atoms with Crippen molar-refractivity contribution < 1.29 is 0 Å². The summed E-state index contributed by atoms with van der Waals surface area (Å²) < 4.78 is 0. The first-order valence-corrected chi connectivity index (χ1v) is 7.65. The summed E-state index contributed by atoms with van der Waals surface area (Å²) in [6.45, 7) is 10.2.